The normalized spacial score (nSPS) is 24.6. The number of methoxy groups -OCH3 is 1. The number of rotatable bonds is 3. The fourth-order valence-electron chi connectivity index (χ4n) is 1.85. The van der Waals surface area contributed by atoms with E-state index in [9.17, 15) is 4.79 Å². The summed E-state index contributed by atoms with van der Waals surface area (Å²) in [6.45, 7) is 2.91. The molecular formula is C11H16N2O3. The molecule has 0 unspecified atom stereocenters. The summed E-state index contributed by atoms with van der Waals surface area (Å²) >= 11 is 0. The molecule has 16 heavy (non-hydrogen) atoms. The Bertz CT molecular complexity index is 375. The van der Waals surface area contributed by atoms with Crippen LogP contribution in [0.25, 0.3) is 0 Å². The molecule has 1 saturated heterocycles. The highest BCUT2D eigenvalue weighted by atomic mass is 16.5. The third-order valence-electron chi connectivity index (χ3n) is 2.85. The van der Waals surface area contributed by atoms with Gasteiger partial charge in [0.2, 0.25) is 0 Å². The van der Waals surface area contributed by atoms with Crippen molar-refractivity contribution in [3.05, 3.63) is 23.5 Å². The highest BCUT2D eigenvalue weighted by Gasteiger charge is 2.29. The van der Waals surface area contributed by atoms with E-state index in [-0.39, 0.29) is 18.1 Å². The quantitative estimate of drug-likeness (QED) is 0.784. The van der Waals surface area contributed by atoms with Gasteiger partial charge in [-0.05, 0) is 13.0 Å². The predicted molar refractivity (Wildman–Crippen MR) is 58.4 cm³/mol. The molecule has 0 aliphatic carbocycles. The standard InChI is InChI=1S/C11H16N2O3/c1-7-8(3-4-12-7)11(14)13-9-5-16-6-10(9)15-2/h3-4,9-10,12H,5-6H2,1-2H3,(H,13,14)/t9-,10+/m0/s1. The van der Waals surface area contributed by atoms with Crippen molar-refractivity contribution >= 4 is 5.91 Å². The fraction of sp³-hybridized carbons (Fsp3) is 0.545. The van der Waals surface area contributed by atoms with Crippen molar-refractivity contribution in [1.29, 1.82) is 0 Å². The minimum Gasteiger partial charge on any atom is -0.377 e. The molecule has 5 heteroatoms. The Kier molecular flexibility index (Phi) is 3.26. The van der Waals surface area contributed by atoms with E-state index in [4.69, 9.17) is 9.47 Å². The van der Waals surface area contributed by atoms with Gasteiger partial charge in [-0.3, -0.25) is 4.79 Å². The molecule has 2 atom stereocenters. The van der Waals surface area contributed by atoms with Gasteiger partial charge in [-0.1, -0.05) is 0 Å². The number of H-pyrrole nitrogens is 1. The molecule has 1 amide bonds. The Morgan fingerprint density at radius 2 is 2.44 bits per heavy atom. The lowest BCUT2D eigenvalue weighted by Crippen LogP contribution is -2.43. The van der Waals surface area contributed by atoms with Crippen LogP contribution in [-0.2, 0) is 9.47 Å². The highest BCUT2D eigenvalue weighted by Crippen LogP contribution is 2.11. The van der Waals surface area contributed by atoms with Crippen LogP contribution in [0.3, 0.4) is 0 Å². The second-order valence-electron chi connectivity index (χ2n) is 3.91. The Morgan fingerprint density at radius 3 is 3.06 bits per heavy atom. The molecule has 5 nitrogen and oxygen atoms in total. The summed E-state index contributed by atoms with van der Waals surface area (Å²) < 4.78 is 10.5. The summed E-state index contributed by atoms with van der Waals surface area (Å²) in [6.07, 6.45) is 1.70. The first-order valence-corrected chi connectivity index (χ1v) is 5.27. The van der Waals surface area contributed by atoms with Gasteiger partial charge in [0, 0.05) is 19.0 Å². The van der Waals surface area contributed by atoms with Crippen molar-refractivity contribution in [2.24, 2.45) is 0 Å². The molecule has 88 valence electrons. The van der Waals surface area contributed by atoms with Crippen LogP contribution >= 0.6 is 0 Å². The number of aromatic nitrogens is 1. The molecule has 1 aliphatic heterocycles. The van der Waals surface area contributed by atoms with Crippen molar-refractivity contribution in [3.8, 4) is 0 Å². The summed E-state index contributed by atoms with van der Waals surface area (Å²) in [4.78, 5) is 14.9. The minimum absolute atomic E-state index is 0.0526. The van der Waals surface area contributed by atoms with E-state index in [0.717, 1.165) is 5.69 Å². The number of aromatic amines is 1. The molecule has 0 saturated carbocycles. The Hall–Kier alpha value is -1.33. The van der Waals surface area contributed by atoms with Crippen LogP contribution in [0.4, 0.5) is 0 Å². The van der Waals surface area contributed by atoms with Crippen LogP contribution in [0.15, 0.2) is 12.3 Å². The summed E-state index contributed by atoms with van der Waals surface area (Å²) in [5.74, 6) is -0.0868. The van der Waals surface area contributed by atoms with E-state index in [0.29, 0.717) is 18.8 Å². The Labute approximate surface area is 94.1 Å². The number of nitrogens with one attached hydrogen (secondary N) is 2. The second-order valence-corrected chi connectivity index (χ2v) is 3.91. The minimum atomic E-state index is -0.0868. The van der Waals surface area contributed by atoms with Crippen LogP contribution < -0.4 is 5.32 Å². The molecular weight excluding hydrogens is 208 g/mol. The number of hydrogen-bond acceptors (Lipinski definition) is 3. The van der Waals surface area contributed by atoms with Gasteiger partial charge in [0.25, 0.3) is 5.91 Å². The average Bonchev–Trinajstić information content (AvgIpc) is 2.86. The zero-order valence-corrected chi connectivity index (χ0v) is 9.45. The first-order chi connectivity index (χ1) is 7.72. The zero-order chi connectivity index (χ0) is 11.5. The van der Waals surface area contributed by atoms with Crippen molar-refractivity contribution in [2.75, 3.05) is 20.3 Å². The van der Waals surface area contributed by atoms with Crippen molar-refractivity contribution in [2.45, 2.75) is 19.1 Å². The highest BCUT2D eigenvalue weighted by molar-refractivity contribution is 5.95. The van der Waals surface area contributed by atoms with E-state index < -0.39 is 0 Å². The number of carbonyl (C=O) groups excluding carboxylic acids is 1. The maximum absolute atomic E-state index is 11.9. The van der Waals surface area contributed by atoms with Gasteiger partial charge in [-0.25, -0.2) is 0 Å². The number of hydrogen-bond donors (Lipinski definition) is 2. The molecule has 1 fully saturated rings. The average molecular weight is 224 g/mol. The fourth-order valence-corrected chi connectivity index (χ4v) is 1.85. The number of carbonyl (C=O) groups is 1. The van der Waals surface area contributed by atoms with Crippen LogP contribution in [0, 0.1) is 6.92 Å². The van der Waals surface area contributed by atoms with Crippen molar-refractivity contribution < 1.29 is 14.3 Å². The summed E-state index contributed by atoms with van der Waals surface area (Å²) in [5, 5.41) is 2.91. The third-order valence-corrected chi connectivity index (χ3v) is 2.85. The lowest BCUT2D eigenvalue weighted by Gasteiger charge is -2.17. The molecule has 1 aromatic rings. The SMILES string of the molecule is CO[C@@H]1COC[C@@H]1NC(=O)c1cc[nH]c1C. The smallest absolute Gasteiger partial charge is 0.253 e. The summed E-state index contributed by atoms with van der Waals surface area (Å²) in [6, 6.07) is 1.70. The van der Waals surface area contributed by atoms with Gasteiger partial charge < -0.3 is 19.8 Å². The molecule has 2 heterocycles. The van der Waals surface area contributed by atoms with E-state index in [2.05, 4.69) is 10.3 Å². The first-order valence-electron chi connectivity index (χ1n) is 5.27. The number of ether oxygens (including phenoxy) is 2. The van der Waals surface area contributed by atoms with E-state index >= 15 is 0 Å². The first kappa shape index (κ1) is 11.2. The van der Waals surface area contributed by atoms with Gasteiger partial charge in [-0.15, -0.1) is 0 Å². The lowest BCUT2D eigenvalue weighted by atomic mass is 10.2. The van der Waals surface area contributed by atoms with E-state index in [1.807, 2.05) is 6.92 Å². The monoisotopic (exact) mass is 224 g/mol. The van der Waals surface area contributed by atoms with Crippen LogP contribution in [0.5, 0.6) is 0 Å². The van der Waals surface area contributed by atoms with Crippen molar-refractivity contribution in [3.63, 3.8) is 0 Å². The molecule has 0 bridgehead atoms. The molecule has 2 N–H and O–H groups in total. The van der Waals surface area contributed by atoms with Crippen molar-refractivity contribution in [1.82, 2.24) is 10.3 Å². The summed E-state index contributed by atoms with van der Waals surface area (Å²) in [5.41, 5.74) is 1.53. The Morgan fingerprint density at radius 1 is 1.62 bits per heavy atom. The predicted octanol–water partition coefficient (Wildman–Crippen LogP) is 0.467. The van der Waals surface area contributed by atoms with E-state index in [1.165, 1.54) is 0 Å². The third kappa shape index (κ3) is 2.10. The topological polar surface area (TPSA) is 63.4 Å². The molecule has 0 spiro atoms. The van der Waals surface area contributed by atoms with Gasteiger partial charge in [0.1, 0.15) is 6.10 Å². The molecule has 0 radical (unpaired) electrons. The second kappa shape index (κ2) is 4.67. The maximum atomic E-state index is 11.9. The zero-order valence-electron chi connectivity index (χ0n) is 9.45. The molecule has 2 rings (SSSR count). The Balaban J connectivity index is 2.00. The van der Waals surface area contributed by atoms with Gasteiger partial charge in [-0.2, -0.15) is 0 Å². The van der Waals surface area contributed by atoms with Crippen LogP contribution in [0.1, 0.15) is 16.1 Å². The lowest BCUT2D eigenvalue weighted by molar-refractivity contribution is 0.0685. The largest absolute Gasteiger partial charge is 0.377 e. The molecule has 0 aromatic carbocycles. The van der Waals surface area contributed by atoms with Gasteiger partial charge >= 0.3 is 0 Å². The summed E-state index contributed by atoms with van der Waals surface area (Å²) in [7, 11) is 1.63. The van der Waals surface area contributed by atoms with Gasteiger partial charge in [0.15, 0.2) is 0 Å². The van der Waals surface area contributed by atoms with Crippen LogP contribution in [0.2, 0.25) is 0 Å². The van der Waals surface area contributed by atoms with Gasteiger partial charge in [0.05, 0.1) is 24.8 Å². The maximum Gasteiger partial charge on any atom is 0.253 e. The number of amides is 1. The van der Waals surface area contributed by atoms with E-state index in [1.54, 1.807) is 19.4 Å². The molecule has 1 aromatic heterocycles. The number of aryl methyl sites for hydroxylation is 1. The van der Waals surface area contributed by atoms with Crippen LogP contribution in [-0.4, -0.2) is 43.4 Å². The molecule has 1 aliphatic rings.